The number of anilines is 1. The van der Waals surface area contributed by atoms with Gasteiger partial charge in [0.2, 0.25) is 0 Å². The number of rotatable bonds is 2. The maximum Gasteiger partial charge on any atom is 0.145 e. The lowest BCUT2D eigenvalue weighted by Gasteiger charge is -2.11. The van der Waals surface area contributed by atoms with Crippen molar-refractivity contribution in [2.75, 3.05) is 5.73 Å². The predicted molar refractivity (Wildman–Crippen MR) is 57.3 cm³/mol. The second kappa shape index (κ2) is 3.52. The van der Waals surface area contributed by atoms with E-state index in [9.17, 15) is 0 Å². The van der Waals surface area contributed by atoms with Gasteiger partial charge in [-0.05, 0) is 31.2 Å². The Morgan fingerprint density at radius 3 is 3.20 bits per heavy atom. The van der Waals surface area contributed by atoms with Crippen LogP contribution >= 0.6 is 0 Å². The van der Waals surface area contributed by atoms with Gasteiger partial charge in [-0.25, -0.2) is 0 Å². The van der Waals surface area contributed by atoms with Crippen LogP contribution < -0.4 is 5.73 Å². The maximum atomic E-state index is 6.00. The minimum absolute atomic E-state index is 0.347. The molecule has 1 saturated heterocycles. The highest BCUT2D eigenvalue weighted by Crippen LogP contribution is 2.39. The Bertz CT molecular complexity index is 337. The summed E-state index contributed by atoms with van der Waals surface area (Å²) in [6.45, 7) is 0.851. The van der Waals surface area contributed by atoms with Crippen molar-refractivity contribution in [3.63, 3.8) is 0 Å². The quantitative estimate of drug-likeness (QED) is 0.798. The van der Waals surface area contributed by atoms with E-state index in [1.807, 2.05) is 16.9 Å². The number of nitrogens with two attached hydrogens (primary N) is 1. The second-order valence-electron chi connectivity index (χ2n) is 4.69. The van der Waals surface area contributed by atoms with E-state index in [0.717, 1.165) is 12.5 Å². The van der Waals surface area contributed by atoms with Crippen molar-refractivity contribution >= 4 is 5.82 Å². The molecule has 2 heterocycles. The van der Waals surface area contributed by atoms with Crippen molar-refractivity contribution in [2.45, 2.75) is 44.4 Å². The molecule has 0 aromatic carbocycles. The third-order valence-corrected chi connectivity index (χ3v) is 3.57. The second-order valence-corrected chi connectivity index (χ2v) is 4.69. The molecule has 0 amide bonds. The first-order valence-electron chi connectivity index (χ1n) is 5.75. The third kappa shape index (κ3) is 1.74. The molecule has 0 radical (unpaired) electrons. The van der Waals surface area contributed by atoms with Crippen molar-refractivity contribution < 1.29 is 4.74 Å². The van der Waals surface area contributed by atoms with Crippen LogP contribution in [0.15, 0.2) is 12.3 Å². The number of nitrogen functional groups attached to an aromatic ring is 1. The summed E-state index contributed by atoms with van der Waals surface area (Å²) in [4.78, 5) is 0. The summed E-state index contributed by atoms with van der Waals surface area (Å²) in [5.41, 5.74) is 5.57. The summed E-state index contributed by atoms with van der Waals surface area (Å²) in [5, 5.41) is 4.18. The van der Waals surface area contributed by atoms with Gasteiger partial charge in [0, 0.05) is 6.20 Å². The highest BCUT2D eigenvalue weighted by atomic mass is 16.5. The summed E-state index contributed by atoms with van der Waals surface area (Å²) in [6, 6.07) is 1.83. The molecule has 4 heteroatoms. The van der Waals surface area contributed by atoms with Gasteiger partial charge >= 0.3 is 0 Å². The number of aromatic nitrogens is 2. The van der Waals surface area contributed by atoms with E-state index in [4.69, 9.17) is 10.5 Å². The number of hydrogen-bond acceptors (Lipinski definition) is 3. The van der Waals surface area contributed by atoms with Crippen LogP contribution in [-0.2, 0) is 11.3 Å². The molecule has 82 valence electrons. The van der Waals surface area contributed by atoms with Crippen LogP contribution in [0.3, 0.4) is 0 Å². The number of ether oxygens (including phenoxy) is 1. The highest BCUT2D eigenvalue weighted by molar-refractivity contribution is 5.23. The van der Waals surface area contributed by atoms with Gasteiger partial charge in [-0.3, -0.25) is 4.68 Å². The van der Waals surface area contributed by atoms with Crippen LogP contribution in [0, 0.1) is 5.92 Å². The van der Waals surface area contributed by atoms with Crippen LogP contribution in [-0.4, -0.2) is 22.0 Å². The van der Waals surface area contributed by atoms with Gasteiger partial charge < -0.3 is 10.5 Å². The van der Waals surface area contributed by atoms with Crippen molar-refractivity contribution in [3.05, 3.63) is 12.3 Å². The average Bonchev–Trinajstić information content (AvgIpc) is 2.81. The highest BCUT2D eigenvalue weighted by Gasteiger charge is 2.38. The molecule has 0 spiro atoms. The summed E-state index contributed by atoms with van der Waals surface area (Å²) in [6.07, 6.45) is 7.95. The van der Waals surface area contributed by atoms with Gasteiger partial charge in [0.25, 0.3) is 0 Å². The topological polar surface area (TPSA) is 53.1 Å². The smallest absolute Gasteiger partial charge is 0.145 e. The van der Waals surface area contributed by atoms with Crippen molar-refractivity contribution in [3.8, 4) is 0 Å². The lowest BCUT2D eigenvalue weighted by atomic mass is 10.0. The first-order valence-corrected chi connectivity index (χ1v) is 5.75. The minimum atomic E-state index is 0.347. The third-order valence-electron chi connectivity index (χ3n) is 3.57. The van der Waals surface area contributed by atoms with Crippen LogP contribution in [0.2, 0.25) is 0 Å². The largest absolute Gasteiger partial charge is 0.382 e. The summed E-state index contributed by atoms with van der Waals surface area (Å²) < 4.78 is 7.89. The van der Waals surface area contributed by atoms with E-state index in [2.05, 4.69) is 5.10 Å². The SMILES string of the molecule is Nc1ccn(CC2CC3CCCC3O2)n1. The van der Waals surface area contributed by atoms with Crippen molar-refractivity contribution in [2.24, 2.45) is 5.92 Å². The maximum absolute atomic E-state index is 6.00. The molecular formula is C11H17N3O. The van der Waals surface area contributed by atoms with E-state index in [0.29, 0.717) is 18.0 Å². The Balaban J connectivity index is 1.61. The molecule has 1 aliphatic carbocycles. The van der Waals surface area contributed by atoms with Gasteiger partial charge in [0.15, 0.2) is 0 Å². The normalized spacial score (nSPS) is 34.5. The van der Waals surface area contributed by atoms with E-state index >= 15 is 0 Å². The molecular weight excluding hydrogens is 190 g/mol. The zero-order valence-electron chi connectivity index (χ0n) is 8.80. The van der Waals surface area contributed by atoms with Gasteiger partial charge in [0.1, 0.15) is 5.82 Å². The van der Waals surface area contributed by atoms with Gasteiger partial charge in [0.05, 0.1) is 18.8 Å². The molecule has 2 aliphatic rings. The van der Waals surface area contributed by atoms with E-state index < -0.39 is 0 Å². The van der Waals surface area contributed by atoms with Crippen molar-refractivity contribution in [1.29, 1.82) is 0 Å². The fourth-order valence-corrected chi connectivity index (χ4v) is 2.90. The van der Waals surface area contributed by atoms with Gasteiger partial charge in [-0.2, -0.15) is 5.10 Å². The molecule has 1 saturated carbocycles. The standard InChI is InChI=1S/C11H17N3O/c12-11-4-5-14(13-11)7-9-6-8-2-1-3-10(8)15-9/h4-5,8-10H,1-3,6-7H2,(H2,12,13). The van der Waals surface area contributed by atoms with E-state index in [1.54, 1.807) is 0 Å². The first-order chi connectivity index (χ1) is 7.31. The molecule has 3 unspecified atom stereocenters. The number of nitrogens with zero attached hydrogens (tertiary/aromatic N) is 2. The summed E-state index contributed by atoms with van der Waals surface area (Å²) in [7, 11) is 0. The molecule has 2 fully saturated rings. The molecule has 1 aromatic heterocycles. The lowest BCUT2D eigenvalue weighted by molar-refractivity contribution is 0.0303. The van der Waals surface area contributed by atoms with Gasteiger partial charge in [-0.1, -0.05) is 6.42 Å². The van der Waals surface area contributed by atoms with Crippen molar-refractivity contribution in [1.82, 2.24) is 9.78 Å². The molecule has 4 nitrogen and oxygen atoms in total. The Hall–Kier alpha value is -1.03. The Morgan fingerprint density at radius 2 is 2.47 bits per heavy atom. The van der Waals surface area contributed by atoms with E-state index in [-0.39, 0.29) is 0 Å². The van der Waals surface area contributed by atoms with Gasteiger partial charge in [-0.15, -0.1) is 0 Å². The molecule has 2 N–H and O–H groups in total. The minimum Gasteiger partial charge on any atom is -0.382 e. The van der Waals surface area contributed by atoms with E-state index in [1.165, 1.54) is 25.7 Å². The zero-order chi connectivity index (χ0) is 10.3. The van der Waals surface area contributed by atoms with Crippen LogP contribution in [0.4, 0.5) is 5.82 Å². The monoisotopic (exact) mass is 207 g/mol. The Morgan fingerprint density at radius 1 is 1.53 bits per heavy atom. The molecule has 3 rings (SSSR count). The Kier molecular flexibility index (Phi) is 2.16. The molecule has 0 bridgehead atoms. The molecule has 3 atom stereocenters. The predicted octanol–water partition coefficient (Wildman–Crippen LogP) is 1.42. The Labute approximate surface area is 89.4 Å². The molecule has 1 aromatic rings. The van der Waals surface area contributed by atoms with Crippen LogP contribution in [0.1, 0.15) is 25.7 Å². The molecule has 15 heavy (non-hydrogen) atoms. The average molecular weight is 207 g/mol. The fraction of sp³-hybridized carbons (Fsp3) is 0.727. The first kappa shape index (κ1) is 9.21. The number of fused-ring (bicyclic) bond motifs is 1. The zero-order valence-corrected chi connectivity index (χ0v) is 8.80. The fourth-order valence-electron chi connectivity index (χ4n) is 2.90. The number of hydrogen-bond donors (Lipinski definition) is 1. The van der Waals surface area contributed by atoms with Crippen LogP contribution in [0.5, 0.6) is 0 Å². The lowest BCUT2D eigenvalue weighted by Crippen LogP contribution is -2.17. The molecule has 1 aliphatic heterocycles. The van der Waals surface area contributed by atoms with Crippen LogP contribution in [0.25, 0.3) is 0 Å². The summed E-state index contributed by atoms with van der Waals surface area (Å²) in [5.74, 6) is 1.40. The summed E-state index contributed by atoms with van der Waals surface area (Å²) >= 11 is 0.